The van der Waals surface area contributed by atoms with Gasteiger partial charge in [0.15, 0.2) is 0 Å². The number of fused-ring (bicyclic) bond motifs is 1. The molecule has 2 rings (SSSR count). The number of hydrogen-bond acceptors (Lipinski definition) is 1. The highest BCUT2D eigenvalue weighted by Crippen LogP contribution is 2.35. The van der Waals surface area contributed by atoms with Crippen LogP contribution in [0.1, 0.15) is 56.1 Å². The first-order valence-corrected chi connectivity index (χ1v) is 6.13. The van der Waals surface area contributed by atoms with E-state index in [-0.39, 0.29) is 0 Å². The molecule has 82 valence electrons. The Bertz CT molecular complexity index is 330. The van der Waals surface area contributed by atoms with E-state index in [1.54, 1.807) is 0 Å². The van der Waals surface area contributed by atoms with E-state index >= 15 is 0 Å². The SMILES string of the molecule is CCCC1CCCCc2cc(O)ccc21. The maximum atomic E-state index is 9.50. The van der Waals surface area contributed by atoms with E-state index in [4.69, 9.17) is 0 Å². The van der Waals surface area contributed by atoms with Crippen LogP contribution in [0.5, 0.6) is 5.75 Å². The van der Waals surface area contributed by atoms with Gasteiger partial charge in [0.1, 0.15) is 5.75 Å². The van der Waals surface area contributed by atoms with Gasteiger partial charge in [0.05, 0.1) is 0 Å². The number of hydrogen-bond donors (Lipinski definition) is 1. The van der Waals surface area contributed by atoms with Crippen LogP contribution < -0.4 is 0 Å². The van der Waals surface area contributed by atoms with Gasteiger partial charge < -0.3 is 5.11 Å². The average molecular weight is 204 g/mol. The van der Waals surface area contributed by atoms with Gasteiger partial charge in [-0.2, -0.15) is 0 Å². The normalized spacial score (nSPS) is 20.7. The summed E-state index contributed by atoms with van der Waals surface area (Å²) in [7, 11) is 0. The number of rotatable bonds is 2. The second-order valence-electron chi connectivity index (χ2n) is 4.61. The van der Waals surface area contributed by atoms with Gasteiger partial charge in [-0.1, -0.05) is 25.8 Å². The second-order valence-corrected chi connectivity index (χ2v) is 4.61. The minimum Gasteiger partial charge on any atom is -0.508 e. The van der Waals surface area contributed by atoms with Crippen LogP contribution in [0.25, 0.3) is 0 Å². The summed E-state index contributed by atoms with van der Waals surface area (Å²) < 4.78 is 0. The second kappa shape index (κ2) is 4.69. The number of phenolic OH excluding ortho intramolecular Hbond substituents is 1. The highest BCUT2D eigenvalue weighted by atomic mass is 16.3. The van der Waals surface area contributed by atoms with Gasteiger partial charge >= 0.3 is 0 Å². The highest BCUT2D eigenvalue weighted by molar-refractivity contribution is 5.37. The van der Waals surface area contributed by atoms with E-state index < -0.39 is 0 Å². The molecule has 0 amide bonds. The van der Waals surface area contributed by atoms with Crippen LogP contribution in [0.3, 0.4) is 0 Å². The van der Waals surface area contributed by atoms with Gasteiger partial charge in [-0.25, -0.2) is 0 Å². The molecule has 0 fully saturated rings. The highest BCUT2D eigenvalue weighted by Gasteiger charge is 2.17. The van der Waals surface area contributed by atoms with Crippen molar-refractivity contribution in [2.45, 2.75) is 51.4 Å². The fraction of sp³-hybridized carbons (Fsp3) is 0.571. The van der Waals surface area contributed by atoms with E-state index in [0.29, 0.717) is 5.75 Å². The molecule has 0 aliphatic heterocycles. The summed E-state index contributed by atoms with van der Waals surface area (Å²) in [6.45, 7) is 2.25. The van der Waals surface area contributed by atoms with Crippen molar-refractivity contribution < 1.29 is 5.11 Å². The van der Waals surface area contributed by atoms with Crippen molar-refractivity contribution in [1.82, 2.24) is 0 Å². The fourth-order valence-electron chi connectivity index (χ4n) is 2.72. The Kier molecular flexibility index (Phi) is 3.30. The molecule has 0 heterocycles. The Balaban J connectivity index is 2.32. The van der Waals surface area contributed by atoms with Crippen molar-refractivity contribution in [3.05, 3.63) is 29.3 Å². The zero-order valence-electron chi connectivity index (χ0n) is 9.50. The van der Waals surface area contributed by atoms with Gasteiger partial charge in [-0.3, -0.25) is 0 Å². The third kappa shape index (κ3) is 2.34. The number of phenols is 1. The molecule has 15 heavy (non-hydrogen) atoms. The summed E-state index contributed by atoms with van der Waals surface area (Å²) in [4.78, 5) is 0. The van der Waals surface area contributed by atoms with Crippen molar-refractivity contribution >= 4 is 0 Å². The molecule has 1 aromatic carbocycles. The molecule has 1 heteroatoms. The van der Waals surface area contributed by atoms with E-state index in [2.05, 4.69) is 13.0 Å². The van der Waals surface area contributed by atoms with E-state index in [9.17, 15) is 5.11 Å². The summed E-state index contributed by atoms with van der Waals surface area (Å²) in [6, 6.07) is 5.94. The van der Waals surface area contributed by atoms with Crippen LogP contribution in [0, 0.1) is 0 Å². The Morgan fingerprint density at radius 3 is 3.00 bits per heavy atom. The van der Waals surface area contributed by atoms with Crippen LogP contribution in [-0.4, -0.2) is 5.11 Å². The predicted octanol–water partition coefficient (Wildman–Crippen LogP) is 4.00. The summed E-state index contributed by atoms with van der Waals surface area (Å²) in [6.07, 6.45) is 7.62. The van der Waals surface area contributed by atoms with Crippen molar-refractivity contribution in [1.29, 1.82) is 0 Å². The minimum atomic E-state index is 0.422. The van der Waals surface area contributed by atoms with E-state index in [1.807, 2.05) is 12.1 Å². The lowest BCUT2D eigenvalue weighted by molar-refractivity contribution is 0.474. The van der Waals surface area contributed by atoms with Gasteiger partial charge in [0, 0.05) is 0 Å². The van der Waals surface area contributed by atoms with Crippen molar-refractivity contribution in [2.75, 3.05) is 0 Å². The minimum absolute atomic E-state index is 0.422. The topological polar surface area (TPSA) is 20.2 Å². The van der Waals surface area contributed by atoms with Crippen molar-refractivity contribution in [3.8, 4) is 5.75 Å². The van der Waals surface area contributed by atoms with Crippen molar-refractivity contribution in [3.63, 3.8) is 0 Å². The molecule has 0 aromatic heterocycles. The molecule has 1 aliphatic rings. The van der Waals surface area contributed by atoms with Gasteiger partial charge in [0.2, 0.25) is 0 Å². The quantitative estimate of drug-likeness (QED) is 0.722. The van der Waals surface area contributed by atoms with Crippen LogP contribution in [0.15, 0.2) is 18.2 Å². The molecule has 1 N–H and O–H groups in total. The van der Waals surface area contributed by atoms with Gasteiger partial charge in [0.25, 0.3) is 0 Å². The summed E-state index contributed by atoms with van der Waals surface area (Å²) in [5.41, 5.74) is 2.87. The lowest BCUT2D eigenvalue weighted by atomic mass is 9.89. The largest absolute Gasteiger partial charge is 0.508 e. The zero-order chi connectivity index (χ0) is 10.7. The summed E-state index contributed by atoms with van der Waals surface area (Å²) in [5.74, 6) is 1.15. The lowest BCUT2D eigenvalue weighted by Gasteiger charge is -2.16. The number of aromatic hydroxyl groups is 1. The third-order valence-corrected chi connectivity index (χ3v) is 3.45. The third-order valence-electron chi connectivity index (χ3n) is 3.45. The molecule has 1 aliphatic carbocycles. The summed E-state index contributed by atoms with van der Waals surface area (Å²) >= 11 is 0. The van der Waals surface area contributed by atoms with E-state index in [0.717, 1.165) is 12.3 Å². The maximum absolute atomic E-state index is 9.50. The molecule has 0 saturated heterocycles. The van der Waals surface area contributed by atoms with Crippen LogP contribution in [0.2, 0.25) is 0 Å². The molecular formula is C14H20O. The van der Waals surface area contributed by atoms with Crippen molar-refractivity contribution in [2.24, 2.45) is 0 Å². The van der Waals surface area contributed by atoms with Crippen LogP contribution in [-0.2, 0) is 6.42 Å². The molecular weight excluding hydrogens is 184 g/mol. The monoisotopic (exact) mass is 204 g/mol. The molecule has 1 unspecified atom stereocenters. The molecule has 0 bridgehead atoms. The maximum Gasteiger partial charge on any atom is 0.115 e. The Morgan fingerprint density at radius 2 is 2.20 bits per heavy atom. The smallest absolute Gasteiger partial charge is 0.115 e. The number of benzene rings is 1. The number of aryl methyl sites for hydroxylation is 1. The molecule has 0 radical (unpaired) electrons. The Labute approximate surface area is 92.1 Å². The fourth-order valence-corrected chi connectivity index (χ4v) is 2.72. The Hall–Kier alpha value is -0.980. The first-order valence-electron chi connectivity index (χ1n) is 6.13. The van der Waals surface area contributed by atoms with Crippen LogP contribution >= 0.6 is 0 Å². The zero-order valence-corrected chi connectivity index (χ0v) is 9.50. The van der Waals surface area contributed by atoms with Gasteiger partial charge in [-0.15, -0.1) is 0 Å². The van der Waals surface area contributed by atoms with Crippen LogP contribution in [0.4, 0.5) is 0 Å². The molecule has 1 aromatic rings. The summed E-state index contributed by atoms with van der Waals surface area (Å²) in [5, 5.41) is 9.50. The molecule has 1 atom stereocenters. The van der Waals surface area contributed by atoms with Gasteiger partial charge in [-0.05, 0) is 54.9 Å². The lowest BCUT2D eigenvalue weighted by Crippen LogP contribution is -1.99. The Morgan fingerprint density at radius 1 is 1.33 bits per heavy atom. The molecule has 0 saturated carbocycles. The average Bonchev–Trinajstić information content (AvgIpc) is 2.41. The predicted molar refractivity (Wildman–Crippen MR) is 63.3 cm³/mol. The standard InChI is InChI=1S/C14H20O/c1-2-5-11-6-3-4-7-12-10-13(15)8-9-14(11)12/h8-11,15H,2-7H2,1H3. The first-order chi connectivity index (χ1) is 7.31. The first kappa shape index (κ1) is 10.5. The molecule has 0 spiro atoms. The van der Waals surface area contributed by atoms with E-state index in [1.165, 1.54) is 43.2 Å². The molecule has 1 nitrogen and oxygen atoms in total.